The van der Waals surface area contributed by atoms with E-state index in [0.29, 0.717) is 13.1 Å². The number of rotatable bonds is 5. The molecule has 1 saturated heterocycles. The maximum atomic E-state index is 12.1. The minimum atomic E-state index is -0.848. The van der Waals surface area contributed by atoms with Gasteiger partial charge in [-0.1, -0.05) is 24.3 Å². The molecule has 1 aliphatic heterocycles. The SMILES string of the molecule is Cc1ccccc1CCNC(=O)N1CCCC1CC(=O)O. The average Bonchev–Trinajstić information content (AvgIpc) is 2.88. The van der Waals surface area contributed by atoms with Crippen molar-refractivity contribution < 1.29 is 14.7 Å². The summed E-state index contributed by atoms with van der Waals surface area (Å²) < 4.78 is 0. The fourth-order valence-corrected chi connectivity index (χ4v) is 2.81. The molecular formula is C16H22N2O3. The number of carbonyl (C=O) groups excluding carboxylic acids is 1. The van der Waals surface area contributed by atoms with Crippen LogP contribution >= 0.6 is 0 Å². The molecule has 0 aromatic heterocycles. The topological polar surface area (TPSA) is 69.6 Å². The van der Waals surface area contributed by atoms with Crippen LogP contribution < -0.4 is 5.32 Å². The summed E-state index contributed by atoms with van der Waals surface area (Å²) in [4.78, 5) is 24.6. The predicted molar refractivity (Wildman–Crippen MR) is 80.3 cm³/mol. The van der Waals surface area contributed by atoms with E-state index in [-0.39, 0.29) is 18.5 Å². The van der Waals surface area contributed by atoms with Gasteiger partial charge in [-0.05, 0) is 37.3 Å². The van der Waals surface area contributed by atoms with Crippen molar-refractivity contribution in [2.24, 2.45) is 0 Å². The van der Waals surface area contributed by atoms with Crippen LogP contribution in [0.3, 0.4) is 0 Å². The van der Waals surface area contributed by atoms with Crippen molar-refractivity contribution in [1.29, 1.82) is 0 Å². The van der Waals surface area contributed by atoms with Crippen molar-refractivity contribution in [3.63, 3.8) is 0 Å². The maximum Gasteiger partial charge on any atom is 0.317 e. The molecule has 0 aliphatic carbocycles. The van der Waals surface area contributed by atoms with Gasteiger partial charge < -0.3 is 15.3 Å². The zero-order chi connectivity index (χ0) is 15.2. The number of urea groups is 1. The quantitative estimate of drug-likeness (QED) is 0.873. The second-order valence-electron chi connectivity index (χ2n) is 5.50. The lowest BCUT2D eigenvalue weighted by Gasteiger charge is -2.23. The Morgan fingerprint density at radius 3 is 2.86 bits per heavy atom. The minimum Gasteiger partial charge on any atom is -0.481 e. The molecule has 2 rings (SSSR count). The zero-order valence-electron chi connectivity index (χ0n) is 12.3. The van der Waals surface area contributed by atoms with Crippen molar-refractivity contribution in [1.82, 2.24) is 10.2 Å². The predicted octanol–water partition coefficient (Wildman–Crippen LogP) is 2.19. The summed E-state index contributed by atoms with van der Waals surface area (Å²) >= 11 is 0. The van der Waals surface area contributed by atoms with Crippen molar-refractivity contribution in [3.8, 4) is 0 Å². The molecule has 2 N–H and O–H groups in total. The van der Waals surface area contributed by atoms with E-state index < -0.39 is 5.97 Å². The first-order valence-electron chi connectivity index (χ1n) is 7.38. The van der Waals surface area contributed by atoms with Crippen LogP contribution in [0.25, 0.3) is 0 Å². The summed E-state index contributed by atoms with van der Waals surface area (Å²) in [7, 11) is 0. The number of hydrogen-bond acceptors (Lipinski definition) is 2. The maximum absolute atomic E-state index is 12.1. The van der Waals surface area contributed by atoms with Gasteiger partial charge >= 0.3 is 12.0 Å². The van der Waals surface area contributed by atoms with Gasteiger partial charge in [0.15, 0.2) is 0 Å². The van der Waals surface area contributed by atoms with Crippen LogP contribution in [-0.2, 0) is 11.2 Å². The van der Waals surface area contributed by atoms with Gasteiger partial charge in [0.2, 0.25) is 0 Å². The van der Waals surface area contributed by atoms with E-state index >= 15 is 0 Å². The molecule has 1 fully saturated rings. The average molecular weight is 290 g/mol. The number of aryl methyl sites for hydroxylation is 1. The number of nitrogens with zero attached hydrogens (tertiary/aromatic N) is 1. The molecule has 2 amide bonds. The largest absolute Gasteiger partial charge is 0.481 e. The van der Waals surface area contributed by atoms with E-state index in [0.717, 1.165) is 19.3 Å². The lowest BCUT2D eigenvalue weighted by molar-refractivity contribution is -0.137. The Morgan fingerprint density at radius 1 is 1.38 bits per heavy atom. The molecule has 1 aromatic carbocycles. The fourth-order valence-electron chi connectivity index (χ4n) is 2.81. The van der Waals surface area contributed by atoms with Crippen molar-refractivity contribution >= 4 is 12.0 Å². The number of hydrogen-bond donors (Lipinski definition) is 2. The minimum absolute atomic E-state index is 0.0329. The van der Waals surface area contributed by atoms with Crippen LogP contribution in [0.1, 0.15) is 30.4 Å². The fraction of sp³-hybridized carbons (Fsp3) is 0.500. The van der Waals surface area contributed by atoms with Crippen LogP contribution in [0.2, 0.25) is 0 Å². The van der Waals surface area contributed by atoms with Gasteiger partial charge in [0.25, 0.3) is 0 Å². The number of carboxylic acid groups (broad SMARTS) is 1. The van der Waals surface area contributed by atoms with E-state index in [1.54, 1.807) is 4.90 Å². The van der Waals surface area contributed by atoms with Crippen LogP contribution in [0.15, 0.2) is 24.3 Å². The lowest BCUT2D eigenvalue weighted by Crippen LogP contribution is -2.44. The van der Waals surface area contributed by atoms with Crippen molar-refractivity contribution in [2.45, 2.75) is 38.6 Å². The highest BCUT2D eigenvalue weighted by atomic mass is 16.4. The molecule has 1 heterocycles. The summed E-state index contributed by atoms with van der Waals surface area (Å²) in [5.41, 5.74) is 2.44. The molecule has 1 atom stereocenters. The smallest absolute Gasteiger partial charge is 0.317 e. The van der Waals surface area contributed by atoms with Crippen LogP contribution in [0.5, 0.6) is 0 Å². The molecule has 0 bridgehead atoms. The van der Waals surface area contributed by atoms with Gasteiger partial charge in [0.1, 0.15) is 0 Å². The third-order valence-electron chi connectivity index (χ3n) is 3.98. The van der Waals surface area contributed by atoms with Gasteiger partial charge in [0, 0.05) is 19.1 Å². The first-order chi connectivity index (χ1) is 10.1. The van der Waals surface area contributed by atoms with Crippen molar-refractivity contribution in [3.05, 3.63) is 35.4 Å². The lowest BCUT2D eigenvalue weighted by atomic mass is 10.1. The molecule has 0 saturated carbocycles. The zero-order valence-corrected chi connectivity index (χ0v) is 12.3. The molecule has 114 valence electrons. The van der Waals surface area contributed by atoms with Crippen LogP contribution in [0.4, 0.5) is 4.79 Å². The first kappa shape index (κ1) is 15.4. The Kier molecular flexibility index (Phi) is 5.20. The van der Waals surface area contributed by atoms with E-state index in [1.165, 1.54) is 11.1 Å². The summed E-state index contributed by atoms with van der Waals surface area (Å²) in [5, 5.41) is 11.8. The second-order valence-corrected chi connectivity index (χ2v) is 5.50. The number of likely N-dealkylation sites (tertiary alicyclic amines) is 1. The molecule has 0 spiro atoms. The number of benzene rings is 1. The number of nitrogens with one attached hydrogen (secondary N) is 1. The van der Waals surface area contributed by atoms with Crippen LogP contribution in [-0.4, -0.2) is 41.1 Å². The highest BCUT2D eigenvalue weighted by molar-refractivity contribution is 5.76. The highest BCUT2D eigenvalue weighted by Gasteiger charge is 2.30. The third kappa shape index (κ3) is 4.21. The van der Waals surface area contributed by atoms with E-state index in [2.05, 4.69) is 24.4 Å². The van der Waals surface area contributed by atoms with Gasteiger partial charge in [-0.3, -0.25) is 4.79 Å². The highest BCUT2D eigenvalue weighted by Crippen LogP contribution is 2.20. The third-order valence-corrected chi connectivity index (χ3v) is 3.98. The normalized spacial score (nSPS) is 17.8. The summed E-state index contributed by atoms with van der Waals surface area (Å²) in [6.45, 7) is 3.27. The van der Waals surface area contributed by atoms with Crippen LogP contribution in [0, 0.1) is 6.92 Å². The molecule has 5 heteroatoms. The molecule has 1 unspecified atom stereocenters. The monoisotopic (exact) mass is 290 g/mol. The van der Waals surface area contributed by atoms with Gasteiger partial charge in [-0.25, -0.2) is 4.79 Å². The van der Waals surface area contributed by atoms with E-state index in [4.69, 9.17) is 5.11 Å². The number of carboxylic acids is 1. The number of amides is 2. The number of aliphatic carboxylic acids is 1. The molecular weight excluding hydrogens is 268 g/mol. The van der Waals surface area contributed by atoms with Gasteiger partial charge in [0.05, 0.1) is 6.42 Å². The Bertz CT molecular complexity index is 516. The summed E-state index contributed by atoms with van der Waals surface area (Å²) in [6, 6.07) is 7.80. The van der Waals surface area contributed by atoms with Gasteiger partial charge in [-0.15, -0.1) is 0 Å². The molecule has 0 radical (unpaired) electrons. The van der Waals surface area contributed by atoms with E-state index in [9.17, 15) is 9.59 Å². The molecule has 5 nitrogen and oxygen atoms in total. The number of carbonyl (C=O) groups is 2. The Labute approximate surface area is 125 Å². The summed E-state index contributed by atoms with van der Waals surface area (Å²) in [6.07, 6.45) is 2.47. The first-order valence-corrected chi connectivity index (χ1v) is 7.38. The molecule has 1 aromatic rings. The Morgan fingerprint density at radius 2 is 2.14 bits per heavy atom. The molecule has 1 aliphatic rings. The summed E-state index contributed by atoms with van der Waals surface area (Å²) in [5.74, 6) is -0.848. The molecule has 21 heavy (non-hydrogen) atoms. The van der Waals surface area contributed by atoms with Crippen molar-refractivity contribution in [2.75, 3.05) is 13.1 Å². The second kappa shape index (κ2) is 7.11. The Balaban J connectivity index is 1.81. The standard InChI is InChI=1S/C16H22N2O3/c1-12-5-2-3-6-13(12)8-9-17-16(21)18-10-4-7-14(18)11-15(19)20/h2-3,5-6,14H,4,7-11H2,1H3,(H,17,21)(H,19,20). The van der Waals surface area contributed by atoms with E-state index in [1.807, 2.05) is 12.1 Å². The Hall–Kier alpha value is -2.04. The van der Waals surface area contributed by atoms with Gasteiger partial charge in [-0.2, -0.15) is 0 Å².